The predicted octanol–water partition coefficient (Wildman–Crippen LogP) is 3.53. The number of carbonyl (C=O) groups is 1. The molecule has 0 aliphatic rings. The summed E-state index contributed by atoms with van der Waals surface area (Å²) in [6.45, 7) is 10.9. The molecule has 1 amide bonds. The minimum absolute atomic E-state index is 0.0208. The molecule has 2 aromatic rings. The van der Waals surface area contributed by atoms with E-state index in [0.29, 0.717) is 23.7 Å². The van der Waals surface area contributed by atoms with Gasteiger partial charge < -0.3 is 10.6 Å². The maximum absolute atomic E-state index is 12.7. The second-order valence-electron chi connectivity index (χ2n) is 5.11. The van der Waals surface area contributed by atoms with Gasteiger partial charge in [-0.15, -0.1) is 17.9 Å². The first-order valence-corrected chi connectivity index (χ1v) is 7.87. The van der Waals surface area contributed by atoms with Crippen LogP contribution in [0.3, 0.4) is 0 Å². The first kappa shape index (κ1) is 15.5. The van der Waals surface area contributed by atoms with Gasteiger partial charge in [-0.25, -0.2) is 0 Å². The number of amides is 1. The summed E-state index contributed by atoms with van der Waals surface area (Å²) in [5.41, 5.74) is 8.59. The molecule has 0 unspecified atom stereocenters. The number of thiophene rings is 1. The van der Waals surface area contributed by atoms with Gasteiger partial charge >= 0.3 is 0 Å². The molecule has 2 aromatic heterocycles. The van der Waals surface area contributed by atoms with Crippen molar-refractivity contribution in [2.24, 2.45) is 0 Å². The van der Waals surface area contributed by atoms with Crippen LogP contribution in [0, 0.1) is 13.8 Å². The van der Waals surface area contributed by atoms with E-state index in [1.165, 1.54) is 11.3 Å². The first-order valence-electron chi connectivity index (χ1n) is 7.06. The third-order valence-corrected chi connectivity index (χ3v) is 4.48. The molecular weight excluding hydrogens is 282 g/mol. The fraction of sp³-hybridized carbons (Fsp3) is 0.375. The molecule has 4 nitrogen and oxygen atoms in total. The van der Waals surface area contributed by atoms with E-state index in [0.717, 1.165) is 27.9 Å². The molecule has 0 fully saturated rings. The van der Waals surface area contributed by atoms with E-state index in [1.807, 2.05) is 19.9 Å². The number of nitrogen functional groups attached to an aromatic ring is 1. The lowest BCUT2D eigenvalue weighted by Gasteiger charge is -2.19. The number of nitrogens with zero attached hydrogens (tertiary/aromatic N) is 2. The molecule has 0 aliphatic heterocycles. The van der Waals surface area contributed by atoms with Crippen LogP contribution in [-0.4, -0.2) is 28.9 Å². The number of aromatic nitrogens is 1. The zero-order chi connectivity index (χ0) is 15.6. The summed E-state index contributed by atoms with van der Waals surface area (Å²) in [5, 5.41) is 0.906. The Morgan fingerprint density at radius 3 is 2.86 bits per heavy atom. The third-order valence-electron chi connectivity index (χ3n) is 3.34. The lowest BCUT2D eigenvalue weighted by atomic mass is 10.2. The zero-order valence-electron chi connectivity index (χ0n) is 12.8. The molecule has 2 heterocycles. The standard InChI is InChI=1S/C16H21N3OS/c1-5-7-19(8-6-2)16(20)15-14(17)13-11(4)18-10(3)9-12(13)21-15/h5,9H,1,6-8,17H2,2-4H3. The van der Waals surface area contributed by atoms with Crippen molar-refractivity contribution in [1.29, 1.82) is 0 Å². The van der Waals surface area contributed by atoms with Crippen molar-refractivity contribution in [2.45, 2.75) is 27.2 Å². The summed E-state index contributed by atoms with van der Waals surface area (Å²) in [6, 6.07) is 1.98. The fourth-order valence-electron chi connectivity index (χ4n) is 2.48. The van der Waals surface area contributed by atoms with Gasteiger partial charge in [0.2, 0.25) is 0 Å². The average molecular weight is 303 g/mol. The number of anilines is 1. The molecule has 0 radical (unpaired) electrons. The summed E-state index contributed by atoms with van der Waals surface area (Å²) in [4.78, 5) is 19.5. The first-order chi connectivity index (χ1) is 9.99. The summed E-state index contributed by atoms with van der Waals surface area (Å²) in [6.07, 6.45) is 2.65. The van der Waals surface area contributed by atoms with Crippen molar-refractivity contribution >= 4 is 33.0 Å². The van der Waals surface area contributed by atoms with Crippen molar-refractivity contribution in [1.82, 2.24) is 9.88 Å². The number of hydrogen-bond donors (Lipinski definition) is 1. The van der Waals surface area contributed by atoms with E-state index in [4.69, 9.17) is 5.73 Å². The monoisotopic (exact) mass is 303 g/mol. The van der Waals surface area contributed by atoms with Crippen LogP contribution in [0.1, 0.15) is 34.4 Å². The van der Waals surface area contributed by atoms with Crippen LogP contribution in [0.25, 0.3) is 10.1 Å². The van der Waals surface area contributed by atoms with Gasteiger partial charge in [-0.3, -0.25) is 9.78 Å². The summed E-state index contributed by atoms with van der Waals surface area (Å²) < 4.78 is 1.02. The molecule has 0 saturated heterocycles. The highest BCUT2D eigenvalue weighted by Crippen LogP contribution is 2.36. The Kier molecular flexibility index (Phi) is 4.63. The van der Waals surface area contributed by atoms with Crippen LogP contribution in [0.15, 0.2) is 18.7 Å². The number of fused-ring (bicyclic) bond motifs is 1. The molecule has 0 bridgehead atoms. The van der Waals surface area contributed by atoms with Crippen molar-refractivity contribution in [3.8, 4) is 0 Å². The second-order valence-corrected chi connectivity index (χ2v) is 6.16. The van der Waals surface area contributed by atoms with E-state index < -0.39 is 0 Å². The molecule has 0 atom stereocenters. The van der Waals surface area contributed by atoms with Crippen LogP contribution in [0.5, 0.6) is 0 Å². The van der Waals surface area contributed by atoms with Gasteiger partial charge in [0.15, 0.2) is 0 Å². The maximum Gasteiger partial charge on any atom is 0.266 e. The van der Waals surface area contributed by atoms with Crippen LogP contribution in [0.4, 0.5) is 5.69 Å². The number of aryl methyl sites for hydroxylation is 2. The van der Waals surface area contributed by atoms with Crippen molar-refractivity contribution in [2.75, 3.05) is 18.8 Å². The van der Waals surface area contributed by atoms with E-state index in [1.54, 1.807) is 11.0 Å². The molecule has 0 spiro atoms. The molecule has 21 heavy (non-hydrogen) atoms. The average Bonchev–Trinajstić information content (AvgIpc) is 2.74. The van der Waals surface area contributed by atoms with Gasteiger partial charge in [-0.05, 0) is 26.3 Å². The largest absolute Gasteiger partial charge is 0.397 e. The molecule has 0 aliphatic carbocycles. The Morgan fingerprint density at radius 1 is 1.52 bits per heavy atom. The lowest BCUT2D eigenvalue weighted by molar-refractivity contribution is 0.0780. The van der Waals surface area contributed by atoms with Crippen LogP contribution >= 0.6 is 11.3 Å². The second kappa shape index (κ2) is 6.26. The minimum Gasteiger partial charge on any atom is -0.397 e. The van der Waals surface area contributed by atoms with E-state index in [2.05, 4.69) is 18.5 Å². The third kappa shape index (κ3) is 2.93. The molecule has 5 heteroatoms. The minimum atomic E-state index is -0.0208. The highest BCUT2D eigenvalue weighted by atomic mass is 32.1. The summed E-state index contributed by atoms with van der Waals surface area (Å²) in [5.74, 6) is -0.0208. The maximum atomic E-state index is 12.7. The number of hydrogen-bond acceptors (Lipinski definition) is 4. The van der Waals surface area contributed by atoms with Crippen LogP contribution in [0.2, 0.25) is 0 Å². The molecule has 0 aromatic carbocycles. The Bertz CT molecular complexity index is 690. The molecule has 112 valence electrons. The summed E-state index contributed by atoms with van der Waals surface area (Å²) in [7, 11) is 0. The lowest BCUT2D eigenvalue weighted by Crippen LogP contribution is -2.31. The van der Waals surface area contributed by atoms with Gasteiger partial charge in [0.05, 0.1) is 5.69 Å². The SMILES string of the molecule is C=CCN(CCC)C(=O)c1sc2cc(C)nc(C)c2c1N. The van der Waals surface area contributed by atoms with Gasteiger partial charge in [-0.2, -0.15) is 0 Å². The quantitative estimate of drug-likeness (QED) is 0.860. The summed E-state index contributed by atoms with van der Waals surface area (Å²) >= 11 is 1.45. The number of pyridine rings is 1. The Balaban J connectivity index is 2.50. The van der Waals surface area contributed by atoms with E-state index >= 15 is 0 Å². The predicted molar refractivity (Wildman–Crippen MR) is 89.9 cm³/mol. The van der Waals surface area contributed by atoms with Crippen LogP contribution in [-0.2, 0) is 0 Å². The van der Waals surface area contributed by atoms with E-state index in [9.17, 15) is 4.79 Å². The fourth-order valence-corrected chi connectivity index (χ4v) is 3.72. The molecule has 2 N–H and O–H groups in total. The van der Waals surface area contributed by atoms with Crippen molar-refractivity contribution < 1.29 is 4.79 Å². The molecule has 2 rings (SSSR count). The highest BCUT2D eigenvalue weighted by Gasteiger charge is 2.22. The number of rotatable bonds is 5. The van der Waals surface area contributed by atoms with Gasteiger partial charge in [-0.1, -0.05) is 13.0 Å². The highest BCUT2D eigenvalue weighted by molar-refractivity contribution is 7.21. The Labute approximate surface area is 129 Å². The topological polar surface area (TPSA) is 59.2 Å². The van der Waals surface area contributed by atoms with Gasteiger partial charge in [0, 0.05) is 34.6 Å². The van der Waals surface area contributed by atoms with Crippen molar-refractivity contribution in [3.63, 3.8) is 0 Å². The Hall–Kier alpha value is -1.88. The zero-order valence-corrected chi connectivity index (χ0v) is 13.6. The Morgan fingerprint density at radius 2 is 2.24 bits per heavy atom. The molecular formula is C16H21N3OS. The normalized spacial score (nSPS) is 10.8. The van der Waals surface area contributed by atoms with E-state index in [-0.39, 0.29) is 5.91 Å². The molecule has 0 saturated carbocycles. The van der Waals surface area contributed by atoms with Crippen molar-refractivity contribution in [3.05, 3.63) is 35.0 Å². The van der Waals surface area contributed by atoms with Crippen LogP contribution < -0.4 is 5.73 Å². The van der Waals surface area contributed by atoms with Gasteiger partial charge in [0.1, 0.15) is 4.88 Å². The van der Waals surface area contributed by atoms with Gasteiger partial charge in [0.25, 0.3) is 5.91 Å². The number of carbonyl (C=O) groups excluding carboxylic acids is 1. The smallest absolute Gasteiger partial charge is 0.266 e. The number of nitrogens with two attached hydrogens (primary N) is 1.